The number of aliphatic hydroxyl groups excluding tert-OH is 1. The van der Waals surface area contributed by atoms with Crippen LogP contribution in [0.1, 0.15) is 35.3 Å². The van der Waals surface area contributed by atoms with Crippen molar-refractivity contribution in [3.05, 3.63) is 34.9 Å². The Morgan fingerprint density at radius 3 is 1.73 bits per heavy atom. The molecule has 1 aromatic rings. The van der Waals surface area contributed by atoms with E-state index in [0.717, 1.165) is 0 Å². The zero-order chi connectivity index (χ0) is 17.3. The third-order valence-corrected chi connectivity index (χ3v) is 2.70. The summed E-state index contributed by atoms with van der Waals surface area (Å²) in [7, 11) is 0. The van der Waals surface area contributed by atoms with Gasteiger partial charge in [-0.15, -0.1) is 0 Å². The standard InChI is InChI=1S/C13H13F6NO2/c1-11(2,6-21)20-10(22)7-3-8(12(14,15)16)5-9(4-7)13(17,18)19/h3-5,21H,6H2,1-2H3,(H,20,22). The van der Waals surface area contributed by atoms with Crippen LogP contribution in [0, 0.1) is 0 Å². The van der Waals surface area contributed by atoms with Crippen LogP contribution in [0.5, 0.6) is 0 Å². The molecule has 1 amide bonds. The van der Waals surface area contributed by atoms with Crippen LogP contribution in [0.15, 0.2) is 18.2 Å². The molecule has 0 radical (unpaired) electrons. The quantitative estimate of drug-likeness (QED) is 0.837. The van der Waals surface area contributed by atoms with E-state index in [9.17, 15) is 31.1 Å². The van der Waals surface area contributed by atoms with E-state index >= 15 is 0 Å². The summed E-state index contributed by atoms with van der Waals surface area (Å²) in [6.07, 6.45) is -10.1. The molecule has 0 heterocycles. The Kier molecular flexibility index (Phi) is 4.81. The zero-order valence-corrected chi connectivity index (χ0v) is 11.6. The average Bonchev–Trinajstić information content (AvgIpc) is 2.35. The average molecular weight is 329 g/mol. The third kappa shape index (κ3) is 4.62. The molecule has 0 aliphatic carbocycles. The van der Waals surface area contributed by atoms with Gasteiger partial charge in [0, 0.05) is 5.56 Å². The van der Waals surface area contributed by atoms with Gasteiger partial charge in [-0.2, -0.15) is 26.3 Å². The fourth-order valence-corrected chi connectivity index (χ4v) is 1.51. The summed E-state index contributed by atoms with van der Waals surface area (Å²) in [6.45, 7) is 2.19. The van der Waals surface area contributed by atoms with E-state index in [-0.39, 0.29) is 6.07 Å². The van der Waals surface area contributed by atoms with Crippen molar-refractivity contribution in [1.82, 2.24) is 5.32 Å². The second-order valence-corrected chi connectivity index (χ2v) is 5.29. The minimum atomic E-state index is -5.03. The van der Waals surface area contributed by atoms with Gasteiger partial charge in [-0.25, -0.2) is 0 Å². The summed E-state index contributed by atoms with van der Waals surface area (Å²) in [6, 6.07) is 0.601. The Morgan fingerprint density at radius 1 is 1.00 bits per heavy atom. The molecule has 0 unspecified atom stereocenters. The van der Waals surface area contributed by atoms with Gasteiger partial charge in [0.2, 0.25) is 0 Å². The second kappa shape index (κ2) is 5.79. The van der Waals surface area contributed by atoms with Crippen molar-refractivity contribution in [2.75, 3.05) is 6.61 Å². The van der Waals surface area contributed by atoms with Crippen LogP contribution in [0.4, 0.5) is 26.3 Å². The highest BCUT2D eigenvalue weighted by molar-refractivity contribution is 5.95. The maximum absolute atomic E-state index is 12.7. The van der Waals surface area contributed by atoms with Crippen molar-refractivity contribution in [2.24, 2.45) is 0 Å². The SMILES string of the molecule is CC(C)(CO)NC(=O)c1cc(C(F)(F)F)cc(C(F)(F)F)c1. The lowest BCUT2D eigenvalue weighted by Gasteiger charge is -2.24. The molecule has 9 heteroatoms. The number of alkyl halides is 6. The zero-order valence-electron chi connectivity index (χ0n) is 11.6. The van der Waals surface area contributed by atoms with Crippen LogP contribution < -0.4 is 5.32 Å². The maximum atomic E-state index is 12.7. The minimum absolute atomic E-state index is 0.0615. The molecule has 0 bridgehead atoms. The molecule has 0 fully saturated rings. The monoisotopic (exact) mass is 329 g/mol. The molecule has 0 saturated carbocycles. The topological polar surface area (TPSA) is 49.3 Å². The van der Waals surface area contributed by atoms with E-state index in [2.05, 4.69) is 5.32 Å². The van der Waals surface area contributed by atoms with Crippen molar-refractivity contribution in [3.63, 3.8) is 0 Å². The molecule has 3 nitrogen and oxygen atoms in total. The molecule has 0 saturated heterocycles. The number of amides is 1. The normalized spacial score (nSPS) is 13.1. The number of hydrogen-bond donors (Lipinski definition) is 2. The van der Waals surface area contributed by atoms with E-state index in [1.54, 1.807) is 0 Å². The molecule has 0 aromatic heterocycles. The van der Waals surface area contributed by atoms with E-state index < -0.39 is 47.1 Å². The number of carbonyl (C=O) groups excluding carboxylic acids is 1. The second-order valence-electron chi connectivity index (χ2n) is 5.29. The fraction of sp³-hybridized carbons (Fsp3) is 0.462. The van der Waals surface area contributed by atoms with E-state index in [1.165, 1.54) is 13.8 Å². The number of rotatable bonds is 3. The lowest BCUT2D eigenvalue weighted by Crippen LogP contribution is -2.46. The summed E-state index contributed by atoms with van der Waals surface area (Å²) >= 11 is 0. The first-order chi connectivity index (χ1) is 9.76. The third-order valence-electron chi connectivity index (χ3n) is 2.70. The first kappa shape index (κ1) is 18.3. The summed E-state index contributed by atoms with van der Waals surface area (Å²) in [5.41, 5.74) is -5.13. The number of nitrogens with one attached hydrogen (secondary N) is 1. The van der Waals surface area contributed by atoms with Gasteiger partial charge in [0.15, 0.2) is 0 Å². The summed E-state index contributed by atoms with van der Waals surface area (Å²) in [5.74, 6) is -1.14. The Bertz CT molecular complexity index is 530. The molecule has 0 spiro atoms. The number of hydrogen-bond acceptors (Lipinski definition) is 2. The van der Waals surface area contributed by atoms with Crippen LogP contribution in [-0.2, 0) is 12.4 Å². The molecular weight excluding hydrogens is 316 g/mol. The number of halogens is 6. The number of benzene rings is 1. The van der Waals surface area contributed by atoms with Crippen LogP contribution in [0.3, 0.4) is 0 Å². The van der Waals surface area contributed by atoms with Gasteiger partial charge >= 0.3 is 12.4 Å². The van der Waals surface area contributed by atoms with Crippen molar-refractivity contribution in [3.8, 4) is 0 Å². The van der Waals surface area contributed by atoms with Crippen LogP contribution in [-0.4, -0.2) is 23.2 Å². The largest absolute Gasteiger partial charge is 0.416 e. The number of aliphatic hydroxyl groups is 1. The molecule has 0 aliphatic rings. The van der Waals surface area contributed by atoms with Crippen LogP contribution in [0.2, 0.25) is 0 Å². The van der Waals surface area contributed by atoms with Gasteiger partial charge in [0.1, 0.15) is 0 Å². The van der Waals surface area contributed by atoms with Gasteiger partial charge in [-0.3, -0.25) is 4.79 Å². The molecule has 0 atom stereocenters. The van der Waals surface area contributed by atoms with Gasteiger partial charge in [0.25, 0.3) is 5.91 Å². The highest BCUT2D eigenvalue weighted by atomic mass is 19.4. The fourth-order valence-electron chi connectivity index (χ4n) is 1.51. The molecule has 0 aliphatic heterocycles. The Morgan fingerprint density at radius 2 is 1.41 bits per heavy atom. The summed E-state index contributed by atoms with van der Waals surface area (Å²) < 4.78 is 76.0. The highest BCUT2D eigenvalue weighted by Gasteiger charge is 2.37. The predicted molar refractivity (Wildman–Crippen MR) is 65.1 cm³/mol. The summed E-state index contributed by atoms with van der Waals surface area (Å²) in [4.78, 5) is 11.8. The Labute approximate surface area is 121 Å². The molecule has 1 aromatic carbocycles. The lowest BCUT2D eigenvalue weighted by atomic mass is 10.0. The van der Waals surface area contributed by atoms with Crippen molar-refractivity contribution >= 4 is 5.91 Å². The van der Waals surface area contributed by atoms with Gasteiger partial charge in [-0.05, 0) is 32.0 Å². The van der Waals surface area contributed by atoms with Crippen LogP contribution in [0.25, 0.3) is 0 Å². The van der Waals surface area contributed by atoms with E-state index in [0.29, 0.717) is 12.1 Å². The van der Waals surface area contributed by atoms with Gasteiger partial charge < -0.3 is 10.4 Å². The number of carbonyl (C=O) groups is 1. The first-order valence-corrected chi connectivity index (χ1v) is 5.99. The van der Waals surface area contributed by atoms with Gasteiger partial charge in [0.05, 0.1) is 23.3 Å². The summed E-state index contributed by atoms with van der Waals surface area (Å²) in [5, 5.41) is 11.1. The smallest absolute Gasteiger partial charge is 0.394 e. The first-order valence-electron chi connectivity index (χ1n) is 5.99. The van der Waals surface area contributed by atoms with Crippen LogP contribution >= 0.6 is 0 Å². The Hall–Kier alpha value is -1.77. The molecular formula is C13H13F6NO2. The minimum Gasteiger partial charge on any atom is -0.394 e. The van der Waals surface area contributed by atoms with E-state index in [4.69, 9.17) is 5.11 Å². The maximum Gasteiger partial charge on any atom is 0.416 e. The molecule has 124 valence electrons. The lowest BCUT2D eigenvalue weighted by molar-refractivity contribution is -0.143. The highest BCUT2D eigenvalue weighted by Crippen LogP contribution is 2.36. The van der Waals surface area contributed by atoms with Crippen molar-refractivity contribution < 1.29 is 36.2 Å². The molecule has 22 heavy (non-hydrogen) atoms. The van der Waals surface area contributed by atoms with Crippen molar-refractivity contribution in [1.29, 1.82) is 0 Å². The van der Waals surface area contributed by atoms with Crippen molar-refractivity contribution in [2.45, 2.75) is 31.7 Å². The van der Waals surface area contributed by atoms with Gasteiger partial charge in [-0.1, -0.05) is 0 Å². The molecule has 2 N–H and O–H groups in total. The van der Waals surface area contributed by atoms with E-state index in [1.807, 2.05) is 0 Å². The molecule has 1 rings (SSSR count). The predicted octanol–water partition coefficient (Wildman–Crippen LogP) is 3.22. The Balaban J connectivity index is 3.33.